The summed E-state index contributed by atoms with van der Waals surface area (Å²) in [5.41, 5.74) is 0.917. The molecule has 2 saturated heterocycles. The molecule has 1 aromatic rings. The van der Waals surface area contributed by atoms with Crippen molar-refractivity contribution in [1.29, 1.82) is 0 Å². The first-order valence-electron chi connectivity index (χ1n) is 9.50. The van der Waals surface area contributed by atoms with Gasteiger partial charge < -0.3 is 9.80 Å². The molecule has 1 unspecified atom stereocenters. The zero-order valence-corrected chi connectivity index (χ0v) is 15.8. The van der Waals surface area contributed by atoms with E-state index in [-0.39, 0.29) is 11.8 Å². The molecule has 0 saturated carbocycles. The predicted octanol–water partition coefficient (Wildman–Crippen LogP) is 0.979. The van der Waals surface area contributed by atoms with E-state index in [4.69, 9.17) is 0 Å². The lowest BCUT2D eigenvalue weighted by molar-refractivity contribution is -0.136. The first-order chi connectivity index (χ1) is 12.5. The summed E-state index contributed by atoms with van der Waals surface area (Å²) in [6.45, 7) is 6.33. The van der Waals surface area contributed by atoms with Gasteiger partial charge >= 0.3 is 0 Å². The van der Waals surface area contributed by atoms with E-state index in [0.717, 1.165) is 38.0 Å². The molecule has 0 spiro atoms. The molecule has 3 rings (SSSR count). The first-order valence-corrected chi connectivity index (χ1v) is 9.50. The molecule has 0 bridgehead atoms. The second-order valence-corrected chi connectivity index (χ2v) is 7.31. The van der Waals surface area contributed by atoms with Crippen molar-refractivity contribution in [2.45, 2.75) is 32.2 Å². The smallest absolute Gasteiger partial charge is 0.246 e. The molecule has 7 nitrogen and oxygen atoms in total. The van der Waals surface area contributed by atoms with Gasteiger partial charge in [-0.25, -0.2) is 0 Å². The number of likely N-dealkylation sites (tertiary alicyclic amines) is 1. The second-order valence-electron chi connectivity index (χ2n) is 7.31. The Kier molecular flexibility index (Phi) is 6.08. The average molecular weight is 359 g/mol. The Bertz CT molecular complexity index is 661. The van der Waals surface area contributed by atoms with Gasteiger partial charge in [0, 0.05) is 63.6 Å². The maximum Gasteiger partial charge on any atom is 0.246 e. The van der Waals surface area contributed by atoms with Crippen LogP contribution >= 0.6 is 0 Å². The van der Waals surface area contributed by atoms with Crippen LogP contribution in [0.2, 0.25) is 0 Å². The average Bonchev–Trinajstić information content (AvgIpc) is 3.06. The lowest BCUT2D eigenvalue weighted by Gasteiger charge is -2.37. The summed E-state index contributed by atoms with van der Waals surface area (Å²) >= 11 is 0. The third kappa shape index (κ3) is 4.72. The molecule has 2 aliphatic heterocycles. The number of amides is 2. The van der Waals surface area contributed by atoms with Crippen molar-refractivity contribution in [3.63, 3.8) is 0 Å². The van der Waals surface area contributed by atoms with Gasteiger partial charge in [0.25, 0.3) is 0 Å². The highest BCUT2D eigenvalue weighted by Crippen LogP contribution is 2.17. The number of carbonyl (C=O) groups is 2. The van der Waals surface area contributed by atoms with Gasteiger partial charge in [0.2, 0.25) is 11.8 Å². The van der Waals surface area contributed by atoms with Crippen LogP contribution in [-0.4, -0.2) is 81.6 Å². The Labute approximate surface area is 155 Å². The highest BCUT2D eigenvalue weighted by Gasteiger charge is 2.26. The summed E-state index contributed by atoms with van der Waals surface area (Å²) in [6, 6.07) is 0.358. The van der Waals surface area contributed by atoms with E-state index in [1.54, 1.807) is 23.0 Å². The quantitative estimate of drug-likeness (QED) is 0.752. The molecule has 2 aliphatic rings. The SMILES string of the molecule is CC1CCCCN1C(=O)CN1CCN(C(=O)C=Cc2cnn(C)c2)CC1. The molecule has 7 heteroatoms. The van der Waals surface area contributed by atoms with Crippen molar-refractivity contribution in [3.8, 4) is 0 Å². The molecular weight excluding hydrogens is 330 g/mol. The molecule has 0 aromatic carbocycles. The monoisotopic (exact) mass is 359 g/mol. The van der Waals surface area contributed by atoms with E-state index in [2.05, 4.69) is 16.9 Å². The topological polar surface area (TPSA) is 61.7 Å². The lowest BCUT2D eigenvalue weighted by atomic mass is 10.0. The minimum absolute atomic E-state index is 0.0180. The zero-order valence-electron chi connectivity index (χ0n) is 15.8. The Morgan fingerprint density at radius 1 is 1.19 bits per heavy atom. The predicted molar refractivity (Wildman–Crippen MR) is 100 cm³/mol. The maximum atomic E-state index is 12.5. The van der Waals surface area contributed by atoms with Gasteiger partial charge in [-0.15, -0.1) is 0 Å². The van der Waals surface area contributed by atoms with Crippen molar-refractivity contribution in [1.82, 2.24) is 24.5 Å². The number of hydrogen-bond acceptors (Lipinski definition) is 4. The van der Waals surface area contributed by atoms with Crippen molar-refractivity contribution in [3.05, 3.63) is 24.0 Å². The maximum absolute atomic E-state index is 12.5. The van der Waals surface area contributed by atoms with Crippen LogP contribution in [0.5, 0.6) is 0 Å². The number of rotatable bonds is 4. The molecule has 3 heterocycles. The van der Waals surface area contributed by atoms with Crippen LogP contribution in [0.1, 0.15) is 31.7 Å². The van der Waals surface area contributed by atoms with E-state index in [1.807, 2.05) is 23.0 Å². The van der Waals surface area contributed by atoms with Crippen LogP contribution in [-0.2, 0) is 16.6 Å². The second kappa shape index (κ2) is 8.49. The van der Waals surface area contributed by atoms with Gasteiger partial charge in [0.05, 0.1) is 12.7 Å². The number of piperazine rings is 1. The lowest BCUT2D eigenvalue weighted by Crippen LogP contribution is -2.52. The molecule has 2 amide bonds. The van der Waals surface area contributed by atoms with Gasteiger partial charge in [0.1, 0.15) is 0 Å². The van der Waals surface area contributed by atoms with Crippen molar-refractivity contribution >= 4 is 17.9 Å². The number of hydrogen-bond donors (Lipinski definition) is 0. The minimum atomic E-state index is 0.0180. The Morgan fingerprint density at radius 3 is 2.62 bits per heavy atom. The molecule has 0 aliphatic carbocycles. The number of nitrogens with zero attached hydrogens (tertiary/aromatic N) is 5. The summed E-state index contributed by atoms with van der Waals surface area (Å²) in [5, 5.41) is 4.09. The standard InChI is InChI=1S/C19H29N5O2/c1-16-5-3-4-8-24(16)19(26)15-22-9-11-23(12-10-22)18(25)7-6-17-13-20-21(2)14-17/h6-7,13-14,16H,3-5,8-12,15H2,1-2H3. The molecule has 142 valence electrons. The Hall–Kier alpha value is -2.15. The highest BCUT2D eigenvalue weighted by atomic mass is 16.2. The van der Waals surface area contributed by atoms with E-state index in [9.17, 15) is 9.59 Å². The fourth-order valence-corrected chi connectivity index (χ4v) is 3.68. The van der Waals surface area contributed by atoms with Gasteiger partial charge in [-0.3, -0.25) is 19.2 Å². The van der Waals surface area contributed by atoms with Gasteiger partial charge in [-0.2, -0.15) is 5.10 Å². The Balaban J connectivity index is 1.44. The van der Waals surface area contributed by atoms with Crippen LogP contribution < -0.4 is 0 Å². The van der Waals surface area contributed by atoms with E-state index in [1.165, 1.54) is 6.42 Å². The van der Waals surface area contributed by atoms with Gasteiger partial charge in [-0.1, -0.05) is 0 Å². The number of carbonyl (C=O) groups excluding carboxylic acids is 2. The third-order valence-electron chi connectivity index (χ3n) is 5.31. The van der Waals surface area contributed by atoms with Crippen LogP contribution in [0.25, 0.3) is 6.08 Å². The molecule has 0 radical (unpaired) electrons. The van der Waals surface area contributed by atoms with Crippen LogP contribution in [0.3, 0.4) is 0 Å². The molecule has 2 fully saturated rings. The summed E-state index contributed by atoms with van der Waals surface area (Å²) in [4.78, 5) is 30.9. The van der Waals surface area contributed by atoms with Crippen LogP contribution in [0.15, 0.2) is 18.5 Å². The van der Waals surface area contributed by atoms with Crippen molar-refractivity contribution in [2.75, 3.05) is 39.3 Å². The number of piperidine rings is 1. The summed E-state index contributed by atoms with van der Waals surface area (Å²) < 4.78 is 1.71. The normalized spacial score (nSPS) is 22.2. The van der Waals surface area contributed by atoms with Crippen LogP contribution in [0.4, 0.5) is 0 Å². The molecule has 26 heavy (non-hydrogen) atoms. The van der Waals surface area contributed by atoms with E-state index in [0.29, 0.717) is 25.7 Å². The molecule has 0 N–H and O–H groups in total. The van der Waals surface area contributed by atoms with Crippen molar-refractivity contribution < 1.29 is 9.59 Å². The summed E-state index contributed by atoms with van der Waals surface area (Å²) in [7, 11) is 1.85. The Morgan fingerprint density at radius 2 is 1.96 bits per heavy atom. The highest BCUT2D eigenvalue weighted by molar-refractivity contribution is 5.91. The minimum Gasteiger partial charge on any atom is -0.339 e. The fourth-order valence-electron chi connectivity index (χ4n) is 3.68. The van der Waals surface area contributed by atoms with E-state index < -0.39 is 0 Å². The van der Waals surface area contributed by atoms with Crippen molar-refractivity contribution in [2.24, 2.45) is 7.05 Å². The summed E-state index contributed by atoms with van der Waals surface area (Å²) in [5.74, 6) is 0.248. The molecular formula is C19H29N5O2. The van der Waals surface area contributed by atoms with E-state index >= 15 is 0 Å². The molecule has 1 aromatic heterocycles. The number of aromatic nitrogens is 2. The third-order valence-corrected chi connectivity index (χ3v) is 5.31. The first kappa shape index (κ1) is 18.6. The zero-order chi connectivity index (χ0) is 18.5. The molecule has 1 atom stereocenters. The van der Waals surface area contributed by atoms with Gasteiger partial charge in [0.15, 0.2) is 0 Å². The summed E-state index contributed by atoms with van der Waals surface area (Å²) in [6.07, 6.45) is 10.4. The largest absolute Gasteiger partial charge is 0.339 e. The fraction of sp³-hybridized carbons (Fsp3) is 0.632. The van der Waals surface area contributed by atoms with Gasteiger partial charge in [-0.05, 0) is 32.3 Å². The number of aryl methyl sites for hydroxylation is 1. The van der Waals surface area contributed by atoms with Crippen LogP contribution in [0, 0.1) is 0 Å².